The summed E-state index contributed by atoms with van der Waals surface area (Å²) in [5.41, 5.74) is 1.89. The number of halogens is 2. The van der Waals surface area contributed by atoms with Gasteiger partial charge in [0.2, 0.25) is 0 Å². The van der Waals surface area contributed by atoms with Gasteiger partial charge in [-0.3, -0.25) is 9.59 Å². The van der Waals surface area contributed by atoms with Gasteiger partial charge in [0.15, 0.2) is 0 Å². The molecule has 2 heterocycles. The number of rotatable bonds is 2. The molecule has 2 aromatic carbocycles. The predicted octanol–water partition coefficient (Wildman–Crippen LogP) is 5.53. The van der Waals surface area contributed by atoms with E-state index in [0.717, 1.165) is 11.1 Å². The van der Waals surface area contributed by atoms with Gasteiger partial charge in [0, 0.05) is 10.0 Å². The fourth-order valence-electron chi connectivity index (χ4n) is 3.35. The zero-order valence-corrected chi connectivity index (χ0v) is 18.4. The highest BCUT2D eigenvalue weighted by Gasteiger charge is 2.50. The van der Waals surface area contributed by atoms with Crippen LogP contribution in [0.4, 0.5) is 0 Å². The number of benzene rings is 2. The van der Waals surface area contributed by atoms with Crippen molar-refractivity contribution < 1.29 is 9.59 Å². The first kappa shape index (κ1) is 20.0. The standard InChI is InChI=1S/C20H18Cl2N2O2S2/c1-11-17(25)23-20(14-5-9-16(22)10-6-14)28-12(2)18(26)24(23)19(27-11)13-3-7-15(21)8-4-13/h3-12,19-20H,1-2H3/t11-,12+,19-,20-/m0/s1. The smallest absolute Gasteiger partial charge is 0.255 e. The fourth-order valence-corrected chi connectivity index (χ4v) is 6.10. The monoisotopic (exact) mass is 452 g/mol. The molecule has 4 nitrogen and oxygen atoms in total. The molecule has 2 fully saturated rings. The van der Waals surface area contributed by atoms with Crippen molar-refractivity contribution >= 4 is 58.5 Å². The molecule has 0 bridgehead atoms. The predicted molar refractivity (Wildman–Crippen MR) is 116 cm³/mol. The number of hydrogen-bond donors (Lipinski definition) is 0. The molecule has 2 aromatic rings. The van der Waals surface area contributed by atoms with Crippen LogP contribution in [0.3, 0.4) is 0 Å². The lowest BCUT2D eigenvalue weighted by Crippen LogP contribution is -2.61. The first-order valence-electron chi connectivity index (χ1n) is 8.84. The maximum atomic E-state index is 13.1. The lowest BCUT2D eigenvalue weighted by atomic mass is 10.2. The van der Waals surface area contributed by atoms with Gasteiger partial charge in [-0.25, -0.2) is 10.0 Å². The molecule has 2 saturated heterocycles. The van der Waals surface area contributed by atoms with Crippen molar-refractivity contribution in [3.63, 3.8) is 0 Å². The van der Waals surface area contributed by atoms with Gasteiger partial charge < -0.3 is 0 Å². The van der Waals surface area contributed by atoms with Gasteiger partial charge in [-0.15, -0.1) is 23.5 Å². The number of nitrogens with zero attached hydrogens (tertiary/aromatic N) is 2. The van der Waals surface area contributed by atoms with Crippen molar-refractivity contribution in [2.45, 2.75) is 35.1 Å². The Morgan fingerprint density at radius 3 is 1.32 bits per heavy atom. The Kier molecular flexibility index (Phi) is 5.58. The van der Waals surface area contributed by atoms with Gasteiger partial charge in [-0.05, 0) is 49.2 Å². The first-order valence-corrected chi connectivity index (χ1v) is 11.5. The molecular weight excluding hydrogens is 435 g/mol. The third kappa shape index (κ3) is 3.52. The summed E-state index contributed by atoms with van der Waals surface area (Å²) >= 11 is 15.1. The highest BCUT2D eigenvalue weighted by atomic mass is 35.5. The lowest BCUT2D eigenvalue weighted by molar-refractivity contribution is -0.170. The average Bonchev–Trinajstić information content (AvgIpc) is 2.68. The van der Waals surface area contributed by atoms with Gasteiger partial charge in [0.25, 0.3) is 11.8 Å². The summed E-state index contributed by atoms with van der Waals surface area (Å²) in [7, 11) is 0. The summed E-state index contributed by atoms with van der Waals surface area (Å²) in [6, 6.07) is 14.9. The van der Waals surface area contributed by atoms with E-state index in [4.69, 9.17) is 23.2 Å². The van der Waals surface area contributed by atoms with Gasteiger partial charge >= 0.3 is 0 Å². The Balaban J connectivity index is 1.79. The van der Waals surface area contributed by atoms with E-state index in [1.807, 2.05) is 62.4 Å². The van der Waals surface area contributed by atoms with E-state index in [1.165, 1.54) is 23.5 Å². The van der Waals surface area contributed by atoms with Crippen molar-refractivity contribution in [3.05, 3.63) is 69.7 Å². The fraction of sp³-hybridized carbons (Fsp3) is 0.300. The average molecular weight is 453 g/mol. The second kappa shape index (κ2) is 7.82. The highest BCUT2D eigenvalue weighted by molar-refractivity contribution is 8.01. The first-order chi connectivity index (χ1) is 13.4. The van der Waals surface area contributed by atoms with Crippen LogP contribution in [0, 0.1) is 0 Å². The lowest BCUT2D eigenvalue weighted by Gasteiger charge is -2.52. The molecule has 146 valence electrons. The molecule has 2 aliphatic heterocycles. The van der Waals surface area contributed by atoms with Crippen molar-refractivity contribution in [2.24, 2.45) is 0 Å². The summed E-state index contributed by atoms with van der Waals surface area (Å²) in [5, 5.41) is 3.44. The Labute approximate surface area is 182 Å². The topological polar surface area (TPSA) is 40.6 Å². The second-order valence-electron chi connectivity index (χ2n) is 6.73. The Bertz CT molecular complexity index is 832. The SMILES string of the molecule is C[C@@H]1S[C@@H](c2ccc(Cl)cc2)N2C(=O)[C@@H](C)S[C@@H](c3ccc(Cl)cc3)N2C1=O. The number of hydrogen-bond acceptors (Lipinski definition) is 4. The zero-order valence-electron chi connectivity index (χ0n) is 15.2. The molecular formula is C20H18Cl2N2O2S2. The molecule has 4 rings (SSSR count). The molecule has 28 heavy (non-hydrogen) atoms. The molecule has 0 N–H and O–H groups in total. The van der Waals surface area contributed by atoms with E-state index < -0.39 is 0 Å². The normalized spacial score (nSPS) is 27.7. The maximum absolute atomic E-state index is 13.1. The van der Waals surface area contributed by atoms with Crippen LogP contribution in [0.2, 0.25) is 10.0 Å². The van der Waals surface area contributed by atoms with Gasteiger partial charge in [-0.1, -0.05) is 47.5 Å². The number of thioether (sulfide) groups is 2. The van der Waals surface area contributed by atoms with Crippen LogP contribution in [-0.4, -0.2) is 32.3 Å². The van der Waals surface area contributed by atoms with Crippen molar-refractivity contribution in [2.75, 3.05) is 0 Å². The molecule has 2 aliphatic rings. The van der Waals surface area contributed by atoms with E-state index in [1.54, 1.807) is 10.0 Å². The summed E-state index contributed by atoms with van der Waals surface area (Å²) in [6.07, 6.45) is 0. The highest BCUT2D eigenvalue weighted by Crippen LogP contribution is 2.51. The Morgan fingerprint density at radius 2 is 1.00 bits per heavy atom. The molecule has 8 heteroatoms. The van der Waals surface area contributed by atoms with Gasteiger partial charge in [-0.2, -0.15) is 0 Å². The second-order valence-corrected chi connectivity index (χ2v) is 10.5. The molecule has 0 saturated carbocycles. The van der Waals surface area contributed by atoms with Crippen LogP contribution in [0.25, 0.3) is 0 Å². The van der Waals surface area contributed by atoms with E-state index in [-0.39, 0.29) is 33.1 Å². The minimum absolute atomic E-state index is 0.0667. The largest absolute Gasteiger partial charge is 0.272 e. The summed E-state index contributed by atoms with van der Waals surface area (Å²) in [6.45, 7) is 3.78. The molecule has 4 atom stereocenters. The van der Waals surface area contributed by atoms with E-state index in [2.05, 4.69) is 0 Å². The van der Waals surface area contributed by atoms with E-state index in [0.29, 0.717) is 10.0 Å². The Hall–Kier alpha value is -1.34. The summed E-state index contributed by atoms with van der Waals surface area (Å²) in [5.74, 6) is -0.133. The van der Waals surface area contributed by atoms with Gasteiger partial charge in [0.05, 0.1) is 10.5 Å². The number of carbonyl (C=O) groups excluding carboxylic acids is 2. The minimum atomic E-state index is -0.282. The zero-order chi connectivity index (χ0) is 20.0. The molecule has 0 aromatic heterocycles. The van der Waals surface area contributed by atoms with E-state index >= 15 is 0 Å². The van der Waals surface area contributed by atoms with Crippen molar-refractivity contribution in [3.8, 4) is 0 Å². The number of fused-ring (bicyclic) bond motifs is 1. The van der Waals surface area contributed by atoms with Gasteiger partial charge in [0.1, 0.15) is 10.7 Å². The third-order valence-electron chi connectivity index (χ3n) is 4.80. The van der Waals surface area contributed by atoms with Crippen LogP contribution >= 0.6 is 46.7 Å². The molecule has 0 radical (unpaired) electrons. The number of hydrazine groups is 1. The summed E-state index contributed by atoms with van der Waals surface area (Å²) in [4.78, 5) is 26.3. The molecule has 0 spiro atoms. The van der Waals surface area contributed by atoms with Crippen LogP contribution in [0.5, 0.6) is 0 Å². The number of amides is 2. The quantitative estimate of drug-likeness (QED) is 0.599. The third-order valence-corrected chi connectivity index (χ3v) is 7.98. The van der Waals surface area contributed by atoms with E-state index in [9.17, 15) is 9.59 Å². The molecule has 0 aliphatic carbocycles. The molecule has 0 unspecified atom stereocenters. The van der Waals surface area contributed by atoms with Crippen LogP contribution in [-0.2, 0) is 9.59 Å². The summed E-state index contributed by atoms with van der Waals surface area (Å²) < 4.78 is 0. The number of carbonyl (C=O) groups is 2. The Morgan fingerprint density at radius 1 is 0.679 bits per heavy atom. The maximum Gasteiger partial charge on any atom is 0.255 e. The van der Waals surface area contributed by atoms with Crippen molar-refractivity contribution in [1.82, 2.24) is 10.0 Å². The minimum Gasteiger partial charge on any atom is -0.272 e. The van der Waals surface area contributed by atoms with Crippen molar-refractivity contribution in [1.29, 1.82) is 0 Å². The van der Waals surface area contributed by atoms with Crippen LogP contribution < -0.4 is 0 Å². The van der Waals surface area contributed by atoms with Crippen LogP contribution in [0.15, 0.2) is 48.5 Å². The molecule has 2 amide bonds. The van der Waals surface area contributed by atoms with Crippen LogP contribution in [0.1, 0.15) is 35.7 Å².